The van der Waals surface area contributed by atoms with E-state index in [0.29, 0.717) is 16.8 Å². The van der Waals surface area contributed by atoms with Crippen LogP contribution in [0.1, 0.15) is 74.0 Å². The first-order valence-corrected chi connectivity index (χ1v) is 13.0. The van der Waals surface area contributed by atoms with Crippen molar-refractivity contribution in [3.63, 3.8) is 0 Å². The van der Waals surface area contributed by atoms with Crippen LogP contribution in [0.3, 0.4) is 0 Å². The highest BCUT2D eigenvalue weighted by Crippen LogP contribution is 2.49. The number of nitrogens with zero attached hydrogens (tertiary/aromatic N) is 3. The summed E-state index contributed by atoms with van der Waals surface area (Å²) < 4.78 is 16.9. The van der Waals surface area contributed by atoms with E-state index in [4.69, 9.17) is 10.1 Å². The maximum atomic E-state index is 13.0. The Bertz CT molecular complexity index is 1160. The molecule has 10 heteroatoms. The molecule has 168 valence electrons. The van der Waals surface area contributed by atoms with Crippen LogP contribution >= 0.6 is 11.3 Å². The van der Waals surface area contributed by atoms with Crippen molar-refractivity contribution in [3.05, 3.63) is 33.7 Å². The molecule has 4 rings (SSSR count). The summed E-state index contributed by atoms with van der Waals surface area (Å²) in [6, 6.07) is -0.740. The highest BCUT2D eigenvalue weighted by atomic mass is 32.2. The lowest BCUT2D eigenvalue weighted by Crippen LogP contribution is -2.19. The molecule has 2 aliphatic carbocycles. The Balaban J connectivity index is 1.68. The highest BCUT2D eigenvalue weighted by molar-refractivity contribution is 7.93. The molecule has 0 spiro atoms. The first-order chi connectivity index (χ1) is 14.5. The summed E-state index contributed by atoms with van der Waals surface area (Å²) >= 11 is 0.992. The van der Waals surface area contributed by atoms with E-state index in [9.17, 15) is 14.1 Å². The van der Waals surface area contributed by atoms with Gasteiger partial charge in [0.25, 0.3) is 0 Å². The van der Waals surface area contributed by atoms with Gasteiger partial charge in [-0.3, -0.25) is 4.98 Å². The summed E-state index contributed by atoms with van der Waals surface area (Å²) in [5.41, 5.74) is 3.81. The SMILES string of the molecule is CCc1c(C2C[C@@H]2C)nc2c(c1NC(=O)N=S(N)(=O)c1cnc(C(C)(C)O)s1)CCC2. The molecule has 31 heavy (non-hydrogen) atoms. The van der Waals surface area contributed by atoms with E-state index in [1.807, 2.05) is 0 Å². The number of amides is 2. The first kappa shape index (κ1) is 22.3. The van der Waals surface area contributed by atoms with E-state index < -0.39 is 21.5 Å². The van der Waals surface area contributed by atoms with Gasteiger partial charge in [0, 0.05) is 17.3 Å². The number of rotatable bonds is 5. The van der Waals surface area contributed by atoms with Gasteiger partial charge in [0.1, 0.15) is 14.8 Å². The molecule has 0 radical (unpaired) electrons. The lowest BCUT2D eigenvalue weighted by molar-refractivity contribution is 0.0783. The van der Waals surface area contributed by atoms with E-state index in [1.54, 1.807) is 13.8 Å². The Morgan fingerprint density at radius 3 is 2.74 bits per heavy atom. The van der Waals surface area contributed by atoms with Gasteiger partial charge in [-0.05, 0) is 63.0 Å². The minimum Gasteiger partial charge on any atom is -0.383 e. The fourth-order valence-electron chi connectivity index (χ4n) is 4.14. The van der Waals surface area contributed by atoms with Crippen molar-refractivity contribution in [1.29, 1.82) is 0 Å². The summed E-state index contributed by atoms with van der Waals surface area (Å²) in [6.45, 7) is 7.43. The minimum absolute atomic E-state index is 0.156. The lowest BCUT2D eigenvalue weighted by Gasteiger charge is -2.18. The molecule has 8 nitrogen and oxygen atoms in total. The second kappa shape index (κ2) is 7.91. The number of carbonyl (C=O) groups excluding carboxylic acids is 1. The maximum Gasteiger partial charge on any atom is 0.354 e. The van der Waals surface area contributed by atoms with Crippen LogP contribution in [-0.4, -0.2) is 25.3 Å². The van der Waals surface area contributed by atoms with Crippen LogP contribution in [0.15, 0.2) is 14.8 Å². The van der Waals surface area contributed by atoms with Crippen molar-refractivity contribution in [2.24, 2.45) is 15.4 Å². The monoisotopic (exact) mass is 463 g/mol. The Labute approximate surface area is 187 Å². The number of pyridine rings is 1. The topological polar surface area (TPSA) is 131 Å². The molecule has 0 aromatic carbocycles. The molecule has 0 saturated heterocycles. The predicted octanol–water partition coefficient (Wildman–Crippen LogP) is 3.87. The predicted molar refractivity (Wildman–Crippen MR) is 122 cm³/mol. The Morgan fingerprint density at radius 1 is 1.45 bits per heavy atom. The Morgan fingerprint density at radius 2 is 2.16 bits per heavy atom. The van der Waals surface area contributed by atoms with Gasteiger partial charge in [-0.2, -0.15) is 0 Å². The zero-order chi connectivity index (χ0) is 22.6. The average Bonchev–Trinajstić information content (AvgIpc) is 3.10. The van der Waals surface area contributed by atoms with Gasteiger partial charge in [0.05, 0.1) is 11.9 Å². The quantitative estimate of drug-likeness (QED) is 0.619. The zero-order valence-corrected chi connectivity index (χ0v) is 19.9. The molecule has 0 aliphatic heterocycles. The number of carbonyl (C=O) groups is 1. The standard InChI is InChI=1S/C21H29N5O3S2/c1-5-12-17(13-7-6-8-15(13)24-18(12)14-9-11(14)2)25-20(27)26-31(22,29)16-10-23-19(30-16)21(3,4)28/h10-11,14,28H,5-9H2,1-4H3,(H3,22,24,25,26,27,29)/t11-,14?,31?/m0/s1. The number of nitrogens with two attached hydrogens (primary N) is 1. The average molecular weight is 464 g/mol. The summed E-state index contributed by atoms with van der Waals surface area (Å²) in [6.07, 6.45) is 5.93. The van der Waals surface area contributed by atoms with Gasteiger partial charge < -0.3 is 10.4 Å². The van der Waals surface area contributed by atoms with E-state index in [2.05, 4.69) is 28.5 Å². The van der Waals surface area contributed by atoms with Crippen LogP contribution in [0.2, 0.25) is 0 Å². The molecule has 4 N–H and O–H groups in total. The first-order valence-electron chi connectivity index (χ1n) is 10.6. The van der Waals surface area contributed by atoms with Crippen molar-refractivity contribution >= 4 is 33.0 Å². The summed E-state index contributed by atoms with van der Waals surface area (Å²) in [7, 11) is -3.48. The number of thiazole rings is 1. The molecule has 2 aromatic heterocycles. The summed E-state index contributed by atoms with van der Waals surface area (Å²) in [5, 5.41) is 19.3. The number of aryl methyl sites for hydroxylation is 1. The number of anilines is 1. The number of hydrogen-bond donors (Lipinski definition) is 3. The Hall–Kier alpha value is -1.88. The molecule has 2 unspecified atom stereocenters. The van der Waals surface area contributed by atoms with Crippen LogP contribution in [0, 0.1) is 5.92 Å². The fraction of sp³-hybridized carbons (Fsp3) is 0.571. The van der Waals surface area contributed by atoms with Crippen molar-refractivity contribution in [2.75, 3.05) is 5.32 Å². The van der Waals surface area contributed by atoms with E-state index in [0.717, 1.165) is 71.6 Å². The second-order valence-electron chi connectivity index (χ2n) is 8.94. The van der Waals surface area contributed by atoms with Gasteiger partial charge in [0.2, 0.25) is 0 Å². The minimum atomic E-state index is -3.48. The van der Waals surface area contributed by atoms with Crippen molar-refractivity contribution in [2.45, 2.75) is 75.5 Å². The molecule has 2 amide bonds. The number of hydrogen-bond acceptors (Lipinski definition) is 6. The largest absolute Gasteiger partial charge is 0.383 e. The van der Waals surface area contributed by atoms with Gasteiger partial charge in [0.15, 0.2) is 9.92 Å². The second-order valence-corrected chi connectivity index (χ2v) is 12.0. The van der Waals surface area contributed by atoms with Gasteiger partial charge in [-0.15, -0.1) is 15.7 Å². The van der Waals surface area contributed by atoms with E-state index in [-0.39, 0.29) is 4.21 Å². The normalized spacial score (nSPS) is 22.0. The lowest BCUT2D eigenvalue weighted by atomic mass is 9.99. The smallest absolute Gasteiger partial charge is 0.354 e. The molecule has 0 bridgehead atoms. The van der Waals surface area contributed by atoms with E-state index >= 15 is 0 Å². The maximum absolute atomic E-state index is 13.0. The molecule has 2 aromatic rings. The van der Waals surface area contributed by atoms with Crippen LogP contribution in [0.25, 0.3) is 0 Å². The highest BCUT2D eigenvalue weighted by Gasteiger charge is 2.38. The summed E-state index contributed by atoms with van der Waals surface area (Å²) in [5.74, 6) is 1.04. The number of fused-ring (bicyclic) bond motifs is 1. The van der Waals surface area contributed by atoms with Crippen LogP contribution in [-0.2, 0) is 34.8 Å². The number of aliphatic hydroxyl groups is 1. The van der Waals surface area contributed by atoms with Crippen LogP contribution in [0.4, 0.5) is 10.5 Å². The van der Waals surface area contributed by atoms with E-state index in [1.165, 1.54) is 6.20 Å². The zero-order valence-electron chi connectivity index (χ0n) is 18.3. The summed E-state index contributed by atoms with van der Waals surface area (Å²) in [4.78, 5) is 21.8. The molecule has 3 atom stereocenters. The number of aromatic nitrogens is 2. The third-order valence-corrected chi connectivity index (χ3v) is 9.11. The van der Waals surface area contributed by atoms with Crippen molar-refractivity contribution in [1.82, 2.24) is 9.97 Å². The molecule has 1 saturated carbocycles. The fourth-order valence-corrected chi connectivity index (χ4v) is 6.20. The molecule has 2 heterocycles. The van der Waals surface area contributed by atoms with Crippen LogP contribution < -0.4 is 10.5 Å². The van der Waals surface area contributed by atoms with Crippen LogP contribution in [0.5, 0.6) is 0 Å². The van der Waals surface area contributed by atoms with Crippen molar-refractivity contribution in [3.8, 4) is 0 Å². The number of nitrogens with one attached hydrogen (secondary N) is 1. The molecule has 1 fully saturated rings. The third kappa shape index (κ3) is 4.39. The number of urea groups is 1. The molecular weight excluding hydrogens is 434 g/mol. The molecule has 2 aliphatic rings. The molecular formula is C21H29N5O3S2. The van der Waals surface area contributed by atoms with Gasteiger partial charge in [-0.25, -0.2) is 19.1 Å². The van der Waals surface area contributed by atoms with Crippen molar-refractivity contribution < 1.29 is 14.1 Å². The van der Waals surface area contributed by atoms with Gasteiger partial charge in [-0.1, -0.05) is 13.8 Å². The van der Waals surface area contributed by atoms with Gasteiger partial charge >= 0.3 is 6.03 Å². The Kier molecular flexibility index (Phi) is 5.70. The third-order valence-electron chi connectivity index (χ3n) is 5.92.